The zero-order valence-electron chi connectivity index (χ0n) is 7.24. The highest BCUT2D eigenvalue weighted by molar-refractivity contribution is 9.10. The van der Waals surface area contributed by atoms with Crippen LogP contribution in [-0.2, 0) is 9.59 Å². The molecule has 0 amide bonds. The highest BCUT2D eigenvalue weighted by atomic mass is 79.9. The molecule has 1 aromatic carbocycles. The van der Waals surface area contributed by atoms with Crippen LogP contribution >= 0.6 is 15.9 Å². The Labute approximate surface area is 88.5 Å². The molecule has 0 aliphatic rings. The van der Waals surface area contributed by atoms with Crippen molar-refractivity contribution in [3.05, 3.63) is 22.2 Å². The summed E-state index contributed by atoms with van der Waals surface area (Å²) in [5.74, 6) is 0. The van der Waals surface area contributed by atoms with E-state index < -0.39 is 0 Å². The van der Waals surface area contributed by atoms with Crippen molar-refractivity contribution in [3.63, 3.8) is 0 Å². The van der Waals surface area contributed by atoms with E-state index in [-0.39, 0.29) is 5.69 Å². The first-order chi connectivity index (χ1) is 6.69. The molecule has 0 saturated heterocycles. The number of halogens is 1. The molecule has 0 aliphatic heterocycles. The van der Waals surface area contributed by atoms with E-state index in [2.05, 4.69) is 25.9 Å². The minimum atomic E-state index is 0.286. The van der Waals surface area contributed by atoms with Gasteiger partial charge in [-0.25, -0.2) is 9.59 Å². The van der Waals surface area contributed by atoms with E-state index in [1.54, 1.807) is 12.1 Å². The first-order valence-electron chi connectivity index (χ1n) is 3.65. The molecular formula is C9H5BrN2O2. The molecular weight excluding hydrogens is 248 g/mol. The number of carbonyl (C=O) groups excluding carboxylic acids is 2. The average Bonchev–Trinajstić information content (AvgIpc) is 2.11. The van der Waals surface area contributed by atoms with Gasteiger partial charge >= 0.3 is 0 Å². The summed E-state index contributed by atoms with van der Waals surface area (Å²) in [4.78, 5) is 27.1. The third-order valence-electron chi connectivity index (χ3n) is 1.51. The van der Waals surface area contributed by atoms with Crippen LogP contribution in [0, 0.1) is 6.92 Å². The lowest BCUT2D eigenvalue weighted by Gasteiger charge is -2.01. The highest BCUT2D eigenvalue weighted by Gasteiger charge is 2.06. The van der Waals surface area contributed by atoms with E-state index in [1.807, 2.05) is 6.92 Å². The highest BCUT2D eigenvalue weighted by Crippen LogP contribution is 2.36. The van der Waals surface area contributed by atoms with Crippen LogP contribution in [0.15, 0.2) is 26.6 Å². The van der Waals surface area contributed by atoms with Crippen LogP contribution in [0.5, 0.6) is 0 Å². The largest absolute Gasteiger partial charge is 0.240 e. The van der Waals surface area contributed by atoms with E-state index in [1.165, 1.54) is 12.2 Å². The number of aliphatic imine (C=N–C) groups is 2. The van der Waals surface area contributed by atoms with Crippen molar-refractivity contribution in [2.75, 3.05) is 0 Å². The molecule has 70 valence electrons. The molecule has 0 spiro atoms. The summed E-state index contributed by atoms with van der Waals surface area (Å²) in [6.07, 6.45) is 2.80. The summed E-state index contributed by atoms with van der Waals surface area (Å²) < 4.78 is 0.592. The zero-order valence-corrected chi connectivity index (χ0v) is 8.83. The average molecular weight is 253 g/mol. The van der Waals surface area contributed by atoms with Gasteiger partial charge in [-0.05, 0) is 40.5 Å². The lowest BCUT2D eigenvalue weighted by atomic mass is 10.2. The Bertz CT molecular complexity index is 458. The molecule has 1 aromatic rings. The van der Waals surface area contributed by atoms with Gasteiger partial charge in [0.2, 0.25) is 12.2 Å². The quantitative estimate of drug-likeness (QED) is 0.600. The minimum Gasteiger partial charge on any atom is -0.211 e. The van der Waals surface area contributed by atoms with Crippen molar-refractivity contribution in [3.8, 4) is 0 Å². The molecule has 0 N–H and O–H groups in total. The summed E-state index contributed by atoms with van der Waals surface area (Å²) >= 11 is 3.21. The van der Waals surface area contributed by atoms with Gasteiger partial charge in [0.05, 0.1) is 0 Å². The normalized spacial score (nSPS) is 8.71. The number of benzene rings is 1. The van der Waals surface area contributed by atoms with Gasteiger partial charge in [-0.2, -0.15) is 9.98 Å². The summed E-state index contributed by atoms with van der Waals surface area (Å²) in [7, 11) is 0. The minimum absolute atomic E-state index is 0.286. The SMILES string of the molecule is Cc1cc(Br)c(N=C=O)c(N=C=O)c1. The van der Waals surface area contributed by atoms with Gasteiger partial charge in [0, 0.05) is 4.47 Å². The first kappa shape index (κ1) is 10.5. The van der Waals surface area contributed by atoms with E-state index in [0.29, 0.717) is 10.2 Å². The molecule has 0 aromatic heterocycles. The number of rotatable bonds is 2. The monoisotopic (exact) mass is 252 g/mol. The van der Waals surface area contributed by atoms with E-state index >= 15 is 0 Å². The molecule has 14 heavy (non-hydrogen) atoms. The second-order valence-corrected chi connectivity index (χ2v) is 3.37. The van der Waals surface area contributed by atoms with E-state index in [0.717, 1.165) is 5.56 Å². The number of isocyanates is 2. The van der Waals surface area contributed by atoms with Gasteiger partial charge in [0.15, 0.2) is 0 Å². The smallest absolute Gasteiger partial charge is 0.211 e. The molecule has 0 unspecified atom stereocenters. The molecule has 0 radical (unpaired) electrons. The van der Waals surface area contributed by atoms with Crippen LogP contribution in [0.4, 0.5) is 11.4 Å². The van der Waals surface area contributed by atoms with Crippen molar-refractivity contribution in [1.29, 1.82) is 0 Å². The fourth-order valence-electron chi connectivity index (χ4n) is 1.01. The summed E-state index contributed by atoms with van der Waals surface area (Å²) in [5, 5.41) is 0. The molecule has 0 bridgehead atoms. The topological polar surface area (TPSA) is 58.9 Å². The third kappa shape index (κ3) is 2.24. The van der Waals surface area contributed by atoms with Crippen molar-refractivity contribution in [1.82, 2.24) is 0 Å². The molecule has 0 fully saturated rings. The zero-order chi connectivity index (χ0) is 10.6. The van der Waals surface area contributed by atoms with Crippen molar-refractivity contribution in [2.24, 2.45) is 9.98 Å². The number of hydrogen-bond donors (Lipinski definition) is 0. The van der Waals surface area contributed by atoms with Crippen molar-refractivity contribution in [2.45, 2.75) is 6.92 Å². The fourth-order valence-corrected chi connectivity index (χ4v) is 1.66. The number of hydrogen-bond acceptors (Lipinski definition) is 4. The molecule has 0 saturated carbocycles. The van der Waals surface area contributed by atoms with Gasteiger partial charge in [-0.1, -0.05) is 0 Å². The summed E-state index contributed by atoms with van der Waals surface area (Å²) in [5.41, 5.74) is 1.49. The van der Waals surface area contributed by atoms with Gasteiger partial charge in [-0.15, -0.1) is 0 Å². The lowest BCUT2D eigenvalue weighted by molar-refractivity contribution is 0.564. The van der Waals surface area contributed by atoms with Gasteiger partial charge < -0.3 is 0 Å². The summed E-state index contributed by atoms with van der Waals surface area (Å²) in [6.45, 7) is 1.84. The standard InChI is InChI=1S/C9H5BrN2O2/c1-6-2-7(10)9(12-5-14)8(3-6)11-4-13/h2-3H,1H3. The first-order valence-corrected chi connectivity index (χ1v) is 4.44. The van der Waals surface area contributed by atoms with Gasteiger partial charge in [-0.3, -0.25) is 0 Å². The van der Waals surface area contributed by atoms with Gasteiger partial charge in [0.1, 0.15) is 11.4 Å². The fraction of sp³-hybridized carbons (Fsp3) is 0.111. The van der Waals surface area contributed by atoms with Crippen molar-refractivity contribution < 1.29 is 9.59 Å². The van der Waals surface area contributed by atoms with Crippen LogP contribution in [0.1, 0.15) is 5.56 Å². The number of nitrogens with zero attached hydrogens (tertiary/aromatic N) is 2. The Morgan fingerprint density at radius 2 is 1.86 bits per heavy atom. The Morgan fingerprint density at radius 1 is 1.21 bits per heavy atom. The predicted molar refractivity (Wildman–Crippen MR) is 54.4 cm³/mol. The Hall–Kier alpha value is -1.54. The van der Waals surface area contributed by atoms with Crippen LogP contribution < -0.4 is 0 Å². The summed E-state index contributed by atoms with van der Waals surface area (Å²) in [6, 6.07) is 3.39. The third-order valence-corrected chi connectivity index (χ3v) is 2.12. The van der Waals surface area contributed by atoms with Crippen LogP contribution in [0.25, 0.3) is 0 Å². The van der Waals surface area contributed by atoms with E-state index in [9.17, 15) is 9.59 Å². The van der Waals surface area contributed by atoms with Crippen LogP contribution in [0.3, 0.4) is 0 Å². The van der Waals surface area contributed by atoms with E-state index in [4.69, 9.17) is 0 Å². The Kier molecular flexibility index (Phi) is 3.48. The Balaban J connectivity index is 3.50. The molecule has 4 nitrogen and oxygen atoms in total. The second kappa shape index (κ2) is 4.63. The molecule has 0 heterocycles. The maximum Gasteiger partial charge on any atom is 0.240 e. The Morgan fingerprint density at radius 3 is 2.43 bits per heavy atom. The van der Waals surface area contributed by atoms with Crippen molar-refractivity contribution >= 4 is 39.5 Å². The lowest BCUT2D eigenvalue weighted by Crippen LogP contribution is -1.76. The second-order valence-electron chi connectivity index (χ2n) is 2.52. The maximum absolute atomic E-state index is 10.1. The van der Waals surface area contributed by atoms with Crippen LogP contribution in [-0.4, -0.2) is 12.2 Å². The molecule has 0 atom stereocenters. The van der Waals surface area contributed by atoms with Crippen LogP contribution in [0.2, 0.25) is 0 Å². The maximum atomic E-state index is 10.1. The predicted octanol–water partition coefficient (Wildman–Crippen LogP) is 2.69. The number of aryl methyl sites for hydroxylation is 1. The molecule has 5 heteroatoms. The van der Waals surface area contributed by atoms with Gasteiger partial charge in [0.25, 0.3) is 0 Å². The molecule has 0 aliphatic carbocycles. The molecule has 1 rings (SSSR count).